The minimum atomic E-state index is 0.734. The molecule has 86 valence electrons. The van der Waals surface area contributed by atoms with Crippen LogP contribution in [0.15, 0.2) is 12.2 Å². The lowest BCUT2D eigenvalue weighted by Gasteiger charge is -2.40. The highest BCUT2D eigenvalue weighted by Gasteiger charge is 2.31. The van der Waals surface area contributed by atoms with Crippen LogP contribution in [0.4, 0.5) is 0 Å². The van der Waals surface area contributed by atoms with Crippen LogP contribution in [0.25, 0.3) is 0 Å². The van der Waals surface area contributed by atoms with E-state index in [2.05, 4.69) is 25.3 Å². The third-order valence-corrected chi connectivity index (χ3v) is 4.39. The van der Waals surface area contributed by atoms with Gasteiger partial charge in [-0.25, -0.2) is 0 Å². The van der Waals surface area contributed by atoms with Crippen LogP contribution in [0.1, 0.15) is 46.0 Å². The van der Waals surface area contributed by atoms with Gasteiger partial charge in [0.25, 0.3) is 0 Å². The normalized spacial score (nSPS) is 33.9. The minimum absolute atomic E-state index is 0.734. The Labute approximate surface area is 94.5 Å². The Balaban J connectivity index is 1.96. The number of likely N-dealkylation sites (tertiary alicyclic amines) is 1. The molecular formula is C14H25N. The smallest absolute Gasteiger partial charge is 0.00387 e. The Bertz CT molecular complexity index is 231. The first-order valence-electron chi connectivity index (χ1n) is 6.57. The number of allylic oxidation sites excluding steroid dienone is 1. The molecule has 1 heteroatoms. The lowest BCUT2D eigenvalue weighted by atomic mass is 9.82. The van der Waals surface area contributed by atoms with Crippen molar-refractivity contribution in [3.63, 3.8) is 0 Å². The lowest BCUT2D eigenvalue weighted by molar-refractivity contribution is 0.0889. The number of fused-ring (bicyclic) bond motifs is 1. The van der Waals surface area contributed by atoms with E-state index in [-0.39, 0.29) is 0 Å². The van der Waals surface area contributed by atoms with Crippen molar-refractivity contribution in [1.82, 2.24) is 4.90 Å². The average Bonchev–Trinajstić information content (AvgIpc) is 2.40. The van der Waals surface area contributed by atoms with Gasteiger partial charge in [0.2, 0.25) is 0 Å². The zero-order valence-electron chi connectivity index (χ0n) is 10.3. The second kappa shape index (κ2) is 4.69. The first-order valence-corrected chi connectivity index (χ1v) is 6.57. The predicted molar refractivity (Wildman–Crippen MR) is 65.9 cm³/mol. The van der Waals surface area contributed by atoms with Gasteiger partial charge in [0, 0.05) is 12.6 Å². The van der Waals surface area contributed by atoms with Crippen molar-refractivity contribution in [3.05, 3.63) is 12.2 Å². The Morgan fingerprint density at radius 2 is 1.80 bits per heavy atom. The summed E-state index contributed by atoms with van der Waals surface area (Å²) in [5.74, 6) is 1.96. The molecule has 0 spiro atoms. The van der Waals surface area contributed by atoms with Crippen molar-refractivity contribution >= 4 is 0 Å². The fourth-order valence-electron chi connectivity index (χ4n) is 3.19. The molecule has 0 radical (unpaired) electrons. The van der Waals surface area contributed by atoms with Crippen LogP contribution in [-0.2, 0) is 0 Å². The van der Waals surface area contributed by atoms with E-state index in [9.17, 15) is 0 Å². The van der Waals surface area contributed by atoms with Gasteiger partial charge >= 0.3 is 0 Å². The lowest BCUT2D eigenvalue weighted by Crippen LogP contribution is -2.43. The molecule has 1 saturated heterocycles. The first kappa shape index (κ1) is 11.2. The van der Waals surface area contributed by atoms with Gasteiger partial charge in [0.1, 0.15) is 0 Å². The van der Waals surface area contributed by atoms with Gasteiger partial charge in [-0.3, -0.25) is 0 Å². The van der Waals surface area contributed by atoms with E-state index in [0.717, 1.165) is 17.9 Å². The molecule has 2 atom stereocenters. The Kier molecular flexibility index (Phi) is 3.50. The topological polar surface area (TPSA) is 3.24 Å². The molecule has 1 saturated carbocycles. The molecule has 2 unspecified atom stereocenters. The zero-order valence-corrected chi connectivity index (χ0v) is 10.3. The highest BCUT2D eigenvalue weighted by molar-refractivity contribution is 4.99. The first-order chi connectivity index (χ1) is 7.16. The van der Waals surface area contributed by atoms with Crippen LogP contribution in [0.3, 0.4) is 0 Å². The molecule has 0 N–H and O–H groups in total. The summed E-state index contributed by atoms with van der Waals surface area (Å²) in [6, 6.07) is 0.734. The Morgan fingerprint density at radius 1 is 1.13 bits per heavy atom. The van der Waals surface area contributed by atoms with Crippen molar-refractivity contribution < 1.29 is 0 Å². The van der Waals surface area contributed by atoms with Gasteiger partial charge in [0.15, 0.2) is 0 Å². The van der Waals surface area contributed by atoms with Gasteiger partial charge in [-0.05, 0) is 64.3 Å². The van der Waals surface area contributed by atoms with Crippen LogP contribution in [0.5, 0.6) is 0 Å². The van der Waals surface area contributed by atoms with Crippen molar-refractivity contribution in [3.8, 4) is 0 Å². The molecule has 1 aliphatic carbocycles. The number of piperidine rings is 1. The molecule has 0 amide bonds. The summed E-state index contributed by atoms with van der Waals surface area (Å²) >= 11 is 0. The molecule has 0 aromatic heterocycles. The van der Waals surface area contributed by atoms with E-state index in [0.29, 0.717) is 0 Å². The summed E-state index contributed by atoms with van der Waals surface area (Å²) in [6.07, 6.45) is 6.81. The highest BCUT2D eigenvalue weighted by Crippen LogP contribution is 2.36. The molecule has 0 aromatic carbocycles. The summed E-state index contributed by atoms with van der Waals surface area (Å²) in [4.78, 5) is 2.66. The molecule has 0 bridgehead atoms. The van der Waals surface area contributed by atoms with Crippen molar-refractivity contribution in [1.29, 1.82) is 0 Å². The summed E-state index contributed by atoms with van der Waals surface area (Å²) < 4.78 is 0. The molecular weight excluding hydrogens is 182 g/mol. The van der Waals surface area contributed by atoms with Crippen LogP contribution < -0.4 is 0 Å². The van der Waals surface area contributed by atoms with E-state index in [1.165, 1.54) is 50.8 Å². The van der Waals surface area contributed by atoms with E-state index < -0.39 is 0 Å². The summed E-state index contributed by atoms with van der Waals surface area (Å²) in [5.41, 5.74) is 1.50. The highest BCUT2D eigenvalue weighted by atomic mass is 15.2. The maximum Gasteiger partial charge on any atom is 0.00387 e. The van der Waals surface area contributed by atoms with E-state index in [1.54, 1.807) is 0 Å². The number of hydrogen-bond acceptors (Lipinski definition) is 1. The number of rotatable bonds is 1. The maximum absolute atomic E-state index is 4.17. The maximum atomic E-state index is 4.17. The third-order valence-electron chi connectivity index (χ3n) is 4.39. The van der Waals surface area contributed by atoms with E-state index in [4.69, 9.17) is 0 Å². The summed E-state index contributed by atoms with van der Waals surface area (Å²) in [5, 5.41) is 0. The Hall–Kier alpha value is -0.300. The van der Waals surface area contributed by atoms with Crippen molar-refractivity contribution in [2.75, 3.05) is 13.1 Å². The van der Waals surface area contributed by atoms with Crippen LogP contribution in [-0.4, -0.2) is 24.0 Å². The van der Waals surface area contributed by atoms with Crippen LogP contribution in [0.2, 0.25) is 0 Å². The minimum Gasteiger partial charge on any atom is -0.301 e. The summed E-state index contributed by atoms with van der Waals surface area (Å²) in [6.45, 7) is 11.5. The van der Waals surface area contributed by atoms with Gasteiger partial charge in [-0.15, -0.1) is 0 Å². The summed E-state index contributed by atoms with van der Waals surface area (Å²) in [7, 11) is 0. The van der Waals surface area contributed by atoms with Gasteiger partial charge in [0.05, 0.1) is 0 Å². The fraction of sp³-hybridized carbons (Fsp3) is 0.857. The van der Waals surface area contributed by atoms with Crippen LogP contribution in [0, 0.1) is 11.8 Å². The molecule has 0 aromatic rings. The van der Waals surface area contributed by atoms with Gasteiger partial charge in [-0.1, -0.05) is 12.2 Å². The molecule has 2 rings (SSSR count). The zero-order chi connectivity index (χ0) is 10.8. The molecule has 15 heavy (non-hydrogen) atoms. The SMILES string of the molecule is C=C1CCC2CCN(C(C)C)CC2CC1. The molecule has 2 fully saturated rings. The second-order valence-corrected chi connectivity index (χ2v) is 5.72. The molecule has 1 nitrogen and oxygen atoms in total. The standard InChI is InChI=1S/C14H25N/c1-11(2)15-9-8-13-6-4-12(3)5-7-14(13)10-15/h11,13-14H,3-10H2,1-2H3. The fourth-order valence-corrected chi connectivity index (χ4v) is 3.19. The average molecular weight is 207 g/mol. The predicted octanol–water partition coefficient (Wildman–Crippen LogP) is 3.46. The van der Waals surface area contributed by atoms with Crippen LogP contribution >= 0.6 is 0 Å². The number of nitrogens with zero attached hydrogens (tertiary/aromatic N) is 1. The van der Waals surface area contributed by atoms with Gasteiger partial charge in [-0.2, -0.15) is 0 Å². The van der Waals surface area contributed by atoms with E-state index in [1.807, 2.05) is 0 Å². The Morgan fingerprint density at radius 3 is 2.47 bits per heavy atom. The largest absolute Gasteiger partial charge is 0.301 e. The monoisotopic (exact) mass is 207 g/mol. The molecule has 1 aliphatic heterocycles. The molecule has 1 heterocycles. The van der Waals surface area contributed by atoms with Crippen molar-refractivity contribution in [2.45, 2.75) is 52.0 Å². The van der Waals surface area contributed by atoms with E-state index >= 15 is 0 Å². The third kappa shape index (κ3) is 2.63. The molecule has 2 aliphatic rings. The second-order valence-electron chi connectivity index (χ2n) is 5.72. The van der Waals surface area contributed by atoms with Crippen molar-refractivity contribution in [2.24, 2.45) is 11.8 Å². The quantitative estimate of drug-likeness (QED) is 0.595. The van der Waals surface area contributed by atoms with Gasteiger partial charge < -0.3 is 4.90 Å². The number of hydrogen-bond donors (Lipinski definition) is 0.